The van der Waals surface area contributed by atoms with Gasteiger partial charge in [-0.15, -0.1) is 0 Å². The van der Waals surface area contributed by atoms with Crippen LogP contribution in [-0.4, -0.2) is 34.2 Å². The summed E-state index contributed by atoms with van der Waals surface area (Å²) >= 11 is 3.37. The van der Waals surface area contributed by atoms with Gasteiger partial charge in [0.25, 0.3) is 5.91 Å². The second-order valence-corrected chi connectivity index (χ2v) is 8.84. The Balaban J connectivity index is 1.91. The number of hydrogen-bond donors (Lipinski definition) is 1. The summed E-state index contributed by atoms with van der Waals surface area (Å²) in [6.45, 7) is 0.449. The third kappa shape index (κ3) is 3.86. The molecule has 0 unspecified atom stereocenters. The lowest BCUT2D eigenvalue weighted by Gasteiger charge is -2.29. The highest BCUT2D eigenvalue weighted by atomic mass is 79.9. The topological polar surface area (TPSA) is 75.7 Å². The Labute approximate surface area is 161 Å². The van der Waals surface area contributed by atoms with Crippen LogP contribution in [0.5, 0.6) is 5.75 Å². The molecule has 0 radical (unpaired) electrons. The number of amides is 1. The Bertz CT molecular complexity index is 960. The molecule has 0 aromatic heterocycles. The fourth-order valence-electron chi connectivity index (χ4n) is 2.97. The maximum absolute atomic E-state index is 12.6. The zero-order valence-corrected chi connectivity index (χ0v) is 16.9. The summed E-state index contributed by atoms with van der Waals surface area (Å²) in [7, 11) is -1.82. The van der Waals surface area contributed by atoms with E-state index >= 15 is 0 Å². The molecule has 0 saturated carbocycles. The SMILES string of the molecule is COc1ccc(Br)c(C(=O)Nc2ccc3c(c2)N(S(C)(=O)=O)CCC3)c1. The fraction of sp³-hybridized carbons (Fsp3) is 0.278. The van der Waals surface area contributed by atoms with Gasteiger partial charge in [0.1, 0.15) is 5.75 Å². The first-order chi connectivity index (χ1) is 12.3. The van der Waals surface area contributed by atoms with Crippen LogP contribution < -0.4 is 14.4 Å². The maximum atomic E-state index is 12.6. The van der Waals surface area contributed by atoms with Crippen molar-refractivity contribution >= 4 is 43.2 Å². The highest BCUT2D eigenvalue weighted by molar-refractivity contribution is 9.10. The summed E-state index contributed by atoms with van der Waals surface area (Å²) in [5.74, 6) is 0.268. The summed E-state index contributed by atoms with van der Waals surface area (Å²) < 4.78 is 31.3. The minimum atomic E-state index is -3.36. The number of anilines is 2. The van der Waals surface area contributed by atoms with E-state index in [2.05, 4.69) is 21.2 Å². The number of ether oxygens (including phenoxy) is 1. The van der Waals surface area contributed by atoms with Crippen molar-refractivity contribution in [2.45, 2.75) is 12.8 Å². The molecule has 138 valence electrons. The zero-order chi connectivity index (χ0) is 18.9. The summed E-state index contributed by atoms with van der Waals surface area (Å²) in [5.41, 5.74) is 2.56. The van der Waals surface area contributed by atoms with E-state index in [1.165, 1.54) is 17.7 Å². The molecule has 8 heteroatoms. The third-order valence-electron chi connectivity index (χ3n) is 4.24. The van der Waals surface area contributed by atoms with Gasteiger partial charge in [-0.3, -0.25) is 9.10 Å². The molecule has 0 saturated heterocycles. The Kier molecular flexibility index (Phi) is 5.24. The number of nitrogens with one attached hydrogen (secondary N) is 1. The number of methoxy groups -OCH3 is 1. The highest BCUT2D eigenvalue weighted by Crippen LogP contribution is 2.32. The van der Waals surface area contributed by atoms with Crippen molar-refractivity contribution in [1.29, 1.82) is 0 Å². The van der Waals surface area contributed by atoms with E-state index in [-0.39, 0.29) is 5.91 Å². The molecule has 1 heterocycles. The van der Waals surface area contributed by atoms with E-state index in [9.17, 15) is 13.2 Å². The van der Waals surface area contributed by atoms with Crippen LogP contribution in [0.4, 0.5) is 11.4 Å². The van der Waals surface area contributed by atoms with E-state index in [0.29, 0.717) is 33.7 Å². The monoisotopic (exact) mass is 438 g/mol. The molecule has 26 heavy (non-hydrogen) atoms. The predicted molar refractivity (Wildman–Crippen MR) is 106 cm³/mol. The van der Waals surface area contributed by atoms with Gasteiger partial charge in [0.05, 0.1) is 24.6 Å². The van der Waals surface area contributed by atoms with Crippen molar-refractivity contribution in [3.05, 3.63) is 52.0 Å². The molecule has 1 aliphatic rings. The molecule has 2 aromatic carbocycles. The first kappa shape index (κ1) is 18.7. The van der Waals surface area contributed by atoms with Gasteiger partial charge in [-0.05, 0) is 64.7 Å². The number of rotatable bonds is 4. The highest BCUT2D eigenvalue weighted by Gasteiger charge is 2.24. The summed E-state index contributed by atoms with van der Waals surface area (Å²) in [6.07, 6.45) is 2.79. The number of carbonyl (C=O) groups is 1. The van der Waals surface area contributed by atoms with Crippen molar-refractivity contribution in [2.75, 3.05) is 29.5 Å². The van der Waals surface area contributed by atoms with Crippen molar-refractivity contribution in [3.8, 4) is 5.75 Å². The Morgan fingerprint density at radius 3 is 2.69 bits per heavy atom. The molecule has 0 fully saturated rings. The molecule has 0 spiro atoms. The minimum absolute atomic E-state index is 0.308. The lowest BCUT2D eigenvalue weighted by molar-refractivity contribution is 0.102. The van der Waals surface area contributed by atoms with Crippen molar-refractivity contribution < 1.29 is 17.9 Å². The summed E-state index contributed by atoms with van der Waals surface area (Å²) in [6, 6.07) is 10.5. The zero-order valence-electron chi connectivity index (χ0n) is 14.5. The second-order valence-electron chi connectivity index (χ2n) is 6.08. The van der Waals surface area contributed by atoms with Gasteiger partial charge in [-0.2, -0.15) is 0 Å². The van der Waals surface area contributed by atoms with Crippen LogP contribution in [0.1, 0.15) is 22.3 Å². The average molecular weight is 439 g/mol. The van der Waals surface area contributed by atoms with Crippen molar-refractivity contribution in [1.82, 2.24) is 0 Å². The minimum Gasteiger partial charge on any atom is -0.497 e. The smallest absolute Gasteiger partial charge is 0.256 e. The Hall–Kier alpha value is -2.06. The number of aryl methyl sites for hydroxylation is 1. The van der Waals surface area contributed by atoms with Crippen LogP contribution >= 0.6 is 15.9 Å². The molecular weight excluding hydrogens is 420 g/mol. The number of hydrogen-bond acceptors (Lipinski definition) is 4. The number of nitrogens with zero attached hydrogens (tertiary/aromatic N) is 1. The standard InChI is InChI=1S/C18H19BrN2O4S/c1-25-14-7-8-16(19)15(11-14)18(22)20-13-6-5-12-4-3-9-21(17(12)10-13)26(2,23)24/h5-8,10-11H,3-4,9H2,1-2H3,(H,20,22). The van der Waals surface area contributed by atoms with Crippen LogP contribution in [-0.2, 0) is 16.4 Å². The molecule has 1 amide bonds. The molecule has 1 N–H and O–H groups in total. The van der Waals surface area contributed by atoms with Crippen LogP contribution in [0.3, 0.4) is 0 Å². The van der Waals surface area contributed by atoms with Gasteiger partial charge in [0.2, 0.25) is 10.0 Å². The number of fused-ring (bicyclic) bond motifs is 1. The van der Waals surface area contributed by atoms with Gasteiger partial charge in [0.15, 0.2) is 0 Å². The van der Waals surface area contributed by atoms with E-state index in [1.807, 2.05) is 6.07 Å². The lowest BCUT2D eigenvalue weighted by atomic mass is 10.0. The fourth-order valence-corrected chi connectivity index (χ4v) is 4.38. The van der Waals surface area contributed by atoms with E-state index in [0.717, 1.165) is 18.4 Å². The van der Waals surface area contributed by atoms with Crippen molar-refractivity contribution in [2.24, 2.45) is 0 Å². The normalized spacial score (nSPS) is 13.9. The quantitative estimate of drug-likeness (QED) is 0.792. The Morgan fingerprint density at radius 1 is 1.23 bits per heavy atom. The maximum Gasteiger partial charge on any atom is 0.256 e. The first-order valence-corrected chi connectivity index (χ1v) is 10.7. The third-order valence-corrected chi connectivity index (χ3v) is 6.11. The molecule has 0 atom stereocenters. The largest absolute Gasteiger partial charge is 0.497 e. The molecule has 0 bridgehead atoms. The Morgan fingerprint density at radius 2 is 2.00 bits per heavy atom. The van der Waals surface area contributed by atoms with Gasteiger partial charge in [-0.25, -0.2) is 8.42 Å². The first-order valence-electron chi connectivity index (χ1n) is 8.05. The molecule has 2 aromatic rings. The lowest BCUT2D eigenvalue weighted by Crippen LogP contribution is -2.34. The van der Waals surface area contributed by atoms with Crippen LogP contribution in [0.2, 0.25) is 0 Å². The van der Waals surface area contributed by atoms with Gasteiger partial charge >= 0.3 is 0 Å². The van der Waals surface area contributed by atoms with E-state index in [1.54, 1.807) is 30.3 Å². The van der Waals surface area contributed by atoms with Crippen LogP contribution in [0, 0.1) is 0 Å². The molecule has 0 aliphatic carbocycles. The van der Waals surface area contributed by atoms with Crippen LogP contribution in [0.25, 0.3) is 0 Å². The molecule has 6 nitrogen and oxygen atoms in total. The van der Waals surface area contributed by atoms with Gasteiger partial charge < -0.3 is 10.1 Å². The molecule has 3 rings (SSSR count). The summed E-state index contributed by atoms with van der Waals surface area (Å²) in [5, 5.41) is 2.83. The average Bonchev–Trinajstić information content (AvgIpc) is 2.60. The second kappa shape index (κ2) is 7.28. The molecule has 1 aliphatic heterocycles. The van der Waals surface area contributed by atoms with Crippen LogP contribution in [0.15, 0.2) is 40.9 Å². The van der Waals surface area contributed by atoms with Gasteiger partial charge in [-0.1, -0.05) is 6.07 Å². The summed E-state index contributed by atoms with van der Waals surface area (Å²) in [4.78, 5) is 12.6. The number of benzene rings is 2. The number of halogens is 1. The van der Waals surface area contributed by atoms with Gasteiger partial charge in [0, 0.05) is 16.7 Å². The van der Waals surface area contributed by atoms with E-state index < -0.39 is 10.0 Å². The predicted octanol–water partition coefficient (Wildman–Crippen LogP) is 3.42. The molecular formula is C18H19BrN2O4S. The van der Waals surface area contributed by atoms with Crippen molar-refractivity contribution in [3.63, 3.8) is 0 Å². The van der Waals surface area contributed by atoms with E-state index in [4.69, 9.17) is 4.74 Å². The number of carbonyl (C=O) groups excluding carboxylic acids is 1. The number of sulfonamides is 1.